The van der Waals surface area contributed by atoms with E-state index in [0.29, 0.717) is 22.8 Å². The van der Waals surface area contributed by atoms with Crippen LogP contribution in [0.1, 0.15) is 35.8 Å². The zero-order valence-electron chi connectivity index (χ0n) is 19.9. The number of amides is 1. The van der Waals surface area contributed by atoms with Gasteiger partial charge in [-0.25, -0.2) is 9.67 Å². The molecule has 178 valence electrons. The van der Waals surface area contributed by atoms with Crippen molar-refractivity contribution < 1.29 is 9.59 Å². The van der Waals surface area contributed by atoms with Crippen LogP contribution in [0.5, 0.6) is 0 Å². The molecular formula is C26H24ClN5O2S. The van der Waals surface area contributed by atoms with E-state index in [4.69, 9.17) is 21.7 Å². The normalized spacial score (nSPS) is 12.3. The molecule has 0 spiro atoms. The number of carbonyl (C=O) groups is 2. The molecule has 5 rings (SSSR count). The van der Waals surface area contributed by atoms with Crippen LogP contribution < -0.4 is 4.90 Å². The fourth-order valence-corrected chi connectivity index (χ4v) is 5.77. The van der Waals surface area contributed by atoms with Gasteiger partial charge in [0.1, 0.15) is 10.8 Å². The average Bonchev–Trinajstić information content (AvgIpc) is 3.39. The van der Waals surface area contributed by atoms with E-state index < -0.39 is 0 Å². The largest absolute Gasteiger partial charge is 0.316 e. The minimum Gasteiger partial charge on any atom is -0.316 e. The van der Waals surface area contributed by atoms with Gasteiger partial charge in [0, 0.05) is 42.7 Å². The number of benzene rings is 1. The maximum Gasteiger partial charge on any atom is 0.223 e. The van der Waals surface area contributed by atoms with Crippen molar-refractivity contribution in [2.45, 2.75) is 40.0 Å². The zero-order valence-corrected chi connectivity index (χ0v) is 21.5. The molecule has 0 atom stereocenters. The second-order valence-corrected chi connectivity index (χ2v) is 10.2. The van der Waals surface area contributed by atoms with Gasteiger partial charge in [-0.3, -0.25) is 14.6 Å². The van der Waals surface area contributed by atoms with Gasteiger partial charge < -0.3 is 4.90 Å². The van der Waals surface area contributed by atoms with Crippen LogP contribution in [-0.2, 0) is 28.9 Å². The first-order valence-electron chi connectivity index (χ1n) is 11.3. The number of anilines is 1. The Morgan fingerprint density at radius 3 is 2.63 bits per heavy atom. The number of carbonyl (C=O) groups excluding carboxylic acids is 2. The lowest BCUT2D eigenvalue weighted by Crippen LogP contribution is -2.22. The number of rotatable bonds is 5. The summed E-state index contributed by atoms with van der Waals surface area (Å²) in [6.07, 6.45) is 3.73. The number of fused-ring (bicyclic) bond motifs is 3. The molecule has 9 heteroatoms. The maximum absolute atomic E-state index is 11.8. The molecule has 0 radical (unpaired) electrons. The molecule has 1 aliphatic rings. The first-order valence-corrected chi connectivity index (χ1v) is 12.5. The molecule has 0 aliphatic heterocycles. The third-order valence-electron chi connectivity index (χ3n) is 6.16. The number of hydrogen-bond acceptors (Lipinski definition) is 6. The number of Topliss-reactive ketones (excluding diaryl/α,β-unsaturated/α-hetero) is 1. The molecule has 1 aliphatic carbocycles. The van der Waals surface area contributed by atoms with E-state index in [9.17, 15) is 9.59 Å². The summed E-state index contributed by atoms with van der Waals surface area (Å²) in [7, 11) is 1.71. The van der Waals surface area contributed by atoms with Gasteiger partial charge in [-0.1, -0.05) is 11.6 Å². The van der Waals surface area contributed by atoms with Crippen molar-refractivity contribution in [3.05, 3.63) is 63.5 Å². The standard InChI is InChI=1S/C26H24ClN5O2S/c1-14-5-6-17(13-28-14)24-19-8-9-21-26(35-23(29-21)11-15(2)33)25(19)32(30-24)22-10-7-18(12-20(22)27)31(4)16(3)34/h5-7,10,12-13H,8-9,11H2,1-4H3. The Bertz CT molecular complexity index is 1470. The van der Waals surface area contributed by atoms with E-state index in [2.05, 4.69) is 4.98 Å². The van der Waals surface area contributed by atoms with E-state index in [0.717, 1.165) is 56.6 Å². The van der Waals surface area contributed by atoms with Gasteiger partial charge in [0.25, 0.3) is 0 Å². The first kappa shape index (κ1) is 23.4. The quantitative estimate of drug-likeness (QED) is 0.371. The van der Waals surface area contributed by atoms with Crippen molar-refractivity contribution in [3.8, 4) is 27.5 Å². The lowest BCUT2D eigenvalue weighted by atomic mass is 9.95. The highest BCUT2D eigenvalue weighted by atomic mass is 35.5. The summed E-state index contributed by atoms with van der Waals surface area (Å²) in [6.45, 7) is 5.05. The molecule has 1 amide bonds. The highest BCUT2D eigenvalue weighted by molar-refractivity contribution is 7.15. The summed E-state index contributed by atoms with van der Waals surface area (Å²) in [6, 6.07) is 9.53. The van der Waals surface area contributed by atoms with Crippen LogP contribution in [-0.4, -0.2) is 38.5 Å². The number of pyridine rings is 1. The number of aryl methyl sites for hydroxylation is 2. The van der Waals surface area contributed by atoms with Crippen LogP contribution in [0.25, 0.3) is 27.5 Å². The van der Waals surface area contributed by atoms with Gasteiger partial charge in [0.15, 0.2) is 0 Å². The lowest BCUT2D eigenvalue weighted by Gasteiger charge is -2.18. The molecule has 0 N–H and O–H groups in total. The fraction of sp³-hybridized carbons (Fsp3) is 0.269. The smallest absolute Gasteiger partial charge is 0.223 e. The van der Waals surface area contributed by atoms with Gasteiger partial charge in [0.05, 0.1) is 39.1 Å². The number of nitrogens with zero attached hydrogens (tertiary/aromatic N) is 5. The summed E-state index contributed by atoms with van der Waals surface area (Å²) in [5, 5.41) is 6.32. The van der Waals surface area contributed by atoms with E-state index in [1.54, 1.807) is 24.9 Å². The third-order valence-corrected chi connectivity index (χ3v) is 7.56. The summed E-state index contributed by atoms with van der Waals surface area (Å²) in [5.74, 6) is 0.0104. The first-order chi connectivity index (χ1) is 16.7. The molecule has 35 heavy (non-hydrogen) atoms. The molecule has 7 nitrogen and oxygen atoms in total. The summed E-state index contributed by atoms with van der Waals surface area (Å²) in [5.41, 5.74) is 7.20. The second kappa shape index (κ2) is 9.02. The van der Waals surface area contributed by atoms with Gasteiger partial charge in [-0.2, -0.15) is 5.10 Å². The Labute approximate surface area is 212 Å². The van der Waals surface area contributed by atoms with Gasteiger partial charge >= 0.3 is 0 Å². The zero-order chi connectivity index (χ0) is 24.9. The number of aromatic nitrogens is 4. The molecule has 0 unspecified atom stereocenters. The van der Waals surface area contributed by atoms with Crippen LogP contribution in [0, 0.1) is 6.92 Å². The summed E-state index contributed by atoms with van der Waals surface area (Å²) >= 11 is 8.30. The van der Waals surface area contributed by atoms with Crippen molar-refractivity contribution in [2.75, 3.05) is 11.9 Å². The Hall–Kier alpha value is -3.36. The Morgan fingerprint density at radius 1 is 1.17 bits per heavy atom. The van der Waals surface area contributed by atoms with Crippen LogP contribution in [0.15, 0.2) is 36.5 Å². The van der Waals surface area contributed by atoms with E-state index in [1.807, 2.05) is 42.1 Å². The predicted octanol–water partition coefficient (Wildman–Crippen LogP) is 5.23. The van der Waals surface area contributed by atoms with Gasteiger partial charge in [-0.05, 0) is 57.0 Å². The number of halogens is 1. The number of thiazole rings is 1. The number of ketones is 1. The molecule has 1 aromatic carbocycles. The minimum absolute atomic E-state index is 0.0771. The van der Waals surface area contributed by atoms with Crippen LogP contribution in [0.3, 0.4) is 0 Å². The molecule has 0 bridgehead atoms. The van der Waals surface area contributed by atoms with Crippen molar-refractivity contribution >= 4 is 40.3 Å². The van der Waals surface area contributed by atoms with Crippen molar-refractivity contribution in [1.29, 1.82) is 0 Å². The lowest BCUT2D eigenvalue weighted by molar-refractivity contribution is -0.117. The Kier molecular flexibility index (Phi) is 6.02. The van der Waals surface area contributed by atoms with Gasteiger partial charge in [-0.15, -0.1) is 11.3 Å². The molecule has 0 saturated carbocycles. The molecule has 3 aromatic heterocycles. The third kappa shape index (κ3) is 4.28. The van der Waals surface area contributed by atoms with E-state index in [-0.39, 0.29) is 11.7 Å². The predicted molar refractivity (Wildman–Crippen MR) is 139 cm³/mol. The SMILES string of the molecule is CC(=O)Cc1nc2c(s1)-c1c(c(-c3ccc(C)nc3)nn1-c1ccc(N(C)C(C)=O)cc1Cl)CC2. The van der Waals surface area contributed by atoms with Crippen molar-refractivity contribution in [1.82, 2.24) is 19.7 Å². The topological polar surface area (TPSA) is 81.0 Å². The fourth-order valence-electron chi connectivity index (χ4n) is 4.28. The number of hydrogen-bond donors (Lipinski definition) is 0. The van der Waals surface area contributed by atoms with Crippen LogP contribution in [0.4, 0.5) is 5.69 Å². The molecule has 0 fully saturated rings. The second-order valence-electron chi connectivity index (χ2n) is 8.75. The average molecular weight is 506 g/mol. The maximum atomic E-state index is 11.8. The highest BCUT2D eigenvalue weighted by Crippen LogP contribution is 2.44. The molecule has 0 saturated heterocycles. The van der Waals surface area contributed by atoms with E-state index >= 15 is 0 Å². The van der Waals surface area contributed by atoms with E-state index in [1.165, 1.54) is 18.3 Å². The minimum atomic E-state index is -0.0771. The monoisotopic (exact) mass is 505 g/mol. The van der Waals surface area contributed by atoms with Crippen molar-refractivity contribution in [3.63, 3.8) is 0 Å². The van der Waals surface area contributed by atoms with Gasteiger partial charge in [0.2, 0.25) is 5.91 Å². The molecular weight excluding hydrogens is 482 g/mol. The van der Waals surface area contributed by atoms with Crippen LogP contribution >= 0.6 is 22.9 Å². The Morgan fingerprint density at radius 2 is 1.97 bits per heavy atom. The summed E-state index contributed by atoms with van der Waals surface area (Å²) < 4.78 is 1.87. The molecule has 4 aromatic rings. The Balaban J connectivity index is 1.71. The highest BCUT2D eigenvalue weighted by Gasteiger charge is 2.30. The van der Waals surface area contributed by atoms with Crippen LogP contribution in [0.2, 0.25) is 5.02 Å². The molecule has 3 heterocycles. The van der Waals surface area contributed by atoms with Crippen molar-refractivity contribution in [2.24, 2.45) is 0 Å². The summed E-state index contributed by atoms with van der Waals surface area (Å²) in [4.78, 5) is 35.4.